The standard InChI is InChI=1S/C11H15N3O5/c12-9(15)2-1-5-13-11(18)14-6-7-3-4-8(19-7)10(16)17/h3-4H,1-2,5-6H2,(H2,12,15)(H,16,17)(H2,13,14,18). The van der Waals surface area contributed by atoms with Crippen molar-refractivity contribution in [1.29, 1.82) is 0 Å². The number of primary amides is 1. The first-order valence-corrected chi connectivity index (χ1v) is 5.61. The molecule has 3 amide bonds. The number of rotatable bonds is 7. The zero-order valence-corrected chi connectivity index (χ0v) is 10.1. The highest BCUT2D eigenvalue weighted by molar-refractivity contribution is 5.84. The van der Waals surface area contributed by atoms with E-state index in [2.05, 4.69) is 10.6 Å². The van der Waals surface area contributed by atoms with E-state index in [0.717, 1.165) is 0 Å². The normalized spacial score (nSPS) is 9.89. The molecule has 19 heavy (non-hydrogen) atoms. The van der Waals surface area contributed by atoms with Gasteiger partial charge in [-0.3, -0.25) is 4.79 Å². The van der Waals surface area contributed by atoms with Gasteiger partial charge in [-0.1, -0.05) is 0 Å². The average Bonchev–Trinajstić information content (AvgIpc) is 2.81. The molecule has 5 N–H and O–H groups in total. The van der Waals surface area contributed by atoms with Crippen LogP contribution in [0.2, 0.25) is 0 Å². The molecule has 0 aromatic carbocycles. The van der Waals surface area contributed by atoms with E-state index in [1.54, 1.807) is 0 Å². The van der Waals surface area contributed by atoms with Crippen LogP contribution in [0.15, 0.2) is 16.5 Å². The largest absolute Gasteiger partial charge is 0.475 e. The van der Waals surface area contributed by atoms with E-state index < -0.39 is 17.9 Å². The number of nitrogens with one attached hydrogen (secondary N) is 2. The number of carboxylic acids is 1. The van der Waals surface area contributed by atoms with Gasteiger partial charge in [0.25, 0.3) is 0 Å². The van der Waals surface area contributed by atoms with Crippen molar-refractivity contribution < 1.29 is 23.9 Å². The highest BCUT2D eigenvalue weighted by Gasteiger charge is 2.09. The molecule has 1 rings (SSSR count). The summed E-state index contributed by atoms with van der Waals surface area (Å²) in [5.41, 5.74) is 4.94. The van der Waals surface area contributed by atoms with E-state index in [0.29, 0.717) is 18.7 Å². The third-order valence-corrected chi connectivity index (χ3v) is 2.18. The van der Waals surface area contributed by atoms with Crippen molar-refractivity contribution in [1.82, 2.24) is 10.6 Å². The van der Waals surface area contributed by atoms with Crippen molar-refractivity contribution in [3.05, 3.63) is 23.7 Å². The van der Waals surface area contributed by atoms with Crippen LogP contribution >= 0.6 is 0 Å². The molecular weight excluding hydrogens is 254 g/mol. The third kappa shape index (κ3) is 5.57. The van der Waals surface area contributed by atoms with Gasteiger partial charge < -0.3 is 25.9 Å². The van der Waals surface area contributed by atoms with Crippen LogP contribution in [0.1, 0.15) is 29.2 Å². The van der Waals surface area contributed by atoms with Gasteiger partial charge in [-0.25, -0.2) is 9.59 Å². The van der Waals surface area contributed by atoms with Gasteiger partial charge in [-0.05, 0) is 18.6 Å². The summed E-state index contributed by atoms with van der Waals surface area (Å²) in [5, 5.41) is 13.6. The van der Waals surface area contributed by atoms with Crippen molar-refractivity contribution in [3.8, 4) is 0 Å². The lowest BCUT2D eigenvalue weighted by Crippen LogP contribution is -2.35. The lowest BCUT2D eigenvalue weighted by molar-refractivity contribution is -0.118. The second-order valence-corrected chi connectivity index (χ2v) is 3.75. The Bertz CT molecular complexity index is 469. The molecular formula is C11H15N3O5. The monoisotopic (exact) mass is 269 g/mol. The number of urea groups is 1. The first-order chi connectivity index (χ1) is 8.99. The Morgan fingerprint density at radius 3 is 2.58 bits per heavy atom. The number of nitrogens with two attached hydrogens (primary N) is 1. The highest BCUT2D eigenvalue weighted by atomic mass is 16.4. The number of aromatic carboxylic acids is 1. The molecule has 0 fully saturated rings. The second-order valence-electron chi connectivity index (χ2n) is 3.75. The van der Waals surface area contributed by atoms with Crippen LogP contribution in [0.5, 0.6) is 0 Å². The SMILES string of the molecule is NC(=O)CCCNC(=O)NCc1ccc(C(=O)O)o1. The molecule has 8 nitrogen and oxygen atoms in total. The number of carboxylic acid groups (broad SMARTS) is 1. The number of carbonyl (C=O) groups is 3. The minimum absolute atomic E-state index is 0.0783. The fourth-order valence-corrected chi connectivity index (χ4v) is 1.28. The van der Waals surface area contributed by atoms with Gasteiger partial charge in [-0.2, -0.15) is 0 Å². The van der Waals surface area contributed by atoms with E-state index in [1.807, 2.05) is 0 Å². The van der Waals surface area contributed by atoms with E-state index in [9.17, 15) is 14.4 Å². The molecule has 104 valence electrons. The second kappa shape index (κ2) is 7.04. The van der Waals surface area contributed by atoms with Gasteiger partial charge in [-0.15, -0.1) is 0 Å². The minimum atomic E-state index is -1.16. The number of amides is 3. The zero-order valence-electron chi connectivity index (χ0n) is 10.1. The smallest absolute Gasteiger partial charge is 0.371 e. The van der Waals surface area contributed by atoms with E-state index in [4.69, 9.17) is 15.3 Å². The molecule has 8 heteroatoms. The molecule has 0 radical (unpaired) electrons. The molecule has 0 bridgehead atoms. The maximum absolute atomic E-state index is 11.3. The Hall–Kier alpha value is -2.51. The summed E-state index contributed by atoms with van der Waals surface area (Å²) in [6, 6.07) is 2.35. The van der Waals surface area contributed by atoms with Crippen molar-refractivity contribution in [3.63, 3.8) is 0 Å². The van der Waals surface area contributed by atoms with Crippen molar-refractivity contribution in [2.24, 2.45) is 5.73 Å². The number of furan rings is 1. The molecule has 1 aromatic heterocycles. The van der Waals surface area contributed by atoms with Gasteiger partial charge in [0, 0.05) is 13.0 Å². The van der Waals surface area contributed by atoms with Gasteiger partial charge in [0.2, 0.25) is 11.7 Å². The van der Waals surface area contributed by atoms with Crippen LogP contribution in [0, 0.1) is 0 Å². The molecule has 1 aromatic rings. The lowest BCUT2D eigenvalue weighted by atomic mass is 10.3. The molecule has 1 heterocycles. The Balaban J connectivity index is 2.22. The van der Waals surface area contributed by atoms with Gasteiger partial charge >= 0.3 is 12.0 Å². The predicted molar refractivity (Wildman–Crippen MR) is 64.3 cm³/mol. The summed E-state index contributed by atoms with van der Waals surface area (Å²) < 4.78 is 4.95. The summed E-state index contributed by atoms with van der Waals surface area (Å²) in [7, 11) is 0. The predicted octanol–water partition coefficient (Wildman–Crippen LogP) is 0.0425. The van der Waals surface area contributed by atoms with E-state index >= 15 is 0 Å². The minimum Gasteiger partial charge on any atom is -0.475 e. The fraction of sp³-hybridized carbons (Fsp3) is 0.364. The first-order valence-electron chi connectivity index (χ1n) is 5.61. The van der Waals surface area contributed by atoms with Gasteiger partial charge in [0.15, 0.2) is 0 Å². The quantitative estimate of drug-likeness (QED) is 0.518. The fourth-order valence-electron chi connectivity index (χ4n) is 1.28. The van der Waals surface area contributed by atoms with Crippen LogP contribution in [-0.2, 0) is 11.3 Å². The summed E-state index contributed by atoms with van der Waals surface area (Å²) in [5.74, 6) is -1.43. The Labute approximate surface area is 108 Å². The van der Waals surface area contributed by atoms with Crippen molar-refractivity contribution >= 4 is 17.9 Å². The Morgan fingerprint density at radius 1 is 1.26 bits per heavy atom. The zero-order chi connectivity index (χ0) is 14.3. The van der Waals surface area contributed by atoms with Crippen molar-refractivity contribution in [2.45, 2.75) is 19.4 Å². The maximum Gasteiger partial charge on any atom is 0.371 e. The van der Waals surface area contributed by atoms with Crippen LogP contribution in [0.3, 0.4) is 0 Å². The molecule has 0 aliphatic carbocycles. The summed E-state index contributed by atoms with van der Waals surface area (Å²) in [4.78, 5) is 32.3. The third-order valence-electron chi connectivity index (χ3n) is 2.18. The molecule has 0 atom stereocenters. The van der Waals surface area contributed by atoms with Crippen LogP contribution < -0.4 is 16.4 Å². The van der Waals surface area contributed by atoms with Crippen LogP contribution in [0.25, 0.3) is 0 Å². The van der Waals surface area contributed by atoms with Crippen molar-refractivity contribution in [2.75, 3.05) is 6.54 Å². The maximum atomic E-state index is 11.3. The number of carbonyl (C=O) groups excluding carboxylic acids is 2. The van der Waals surface area contributed by atoms with Gasteiger partial charge in [0.1, 0.15) is 5.76 Å². The van der Waals surface area contributed by atoms with Gasteiger partial charge in [0.05, 0.1) is 6.54 Å². The molecule has 0 aliphatic heterocycles. The summed E-state index contributed by atoms with van der Waals surface area (Å²) in [6.07, 6.45) is 0.674. The molecule has 0 saturated heterocycles. The summed E-state index contributed by atoms with van der Waals surface area (Å²) >= 11 is 0. The molecule has 0 saturated carbocycles. The van der Waals surface area contributed by atoms with Crippen LogP contribution in [0.4, 0.5) is 4.79 Å². The topological polar surface area (TPSA) is 135 Å². The molecule has 0 aliphatic rings. The Kier molecular flexibility index (Phi) is 5.39. The average molecular weight is 269 g/mol. The first kappa shape index (κ1) is 14.6. The van der Waals surface area contributed by atoms with Crippen LogP contribution in [-0.4, -0.2) is 29.6 Å². The van der Waals surface area contributed by atoms with E-state index in [1.165, 1.54) is 12.1 Å². The number of hydrogen-bond donors (Lipinski definition) is 4. The number of hydrogen-bond acceptors (Lipinski definition) is 4. The lowest BCUT2D eigenvalue weighted by Gasteiger charge is -2.05. The molecule has 0 spiro atoms. The Morgan fingerprint density at radius 2 is 2.00 bits per heavy atom. The summed E-state index contributed by atoms with van der Waals surface area (Å²) in [6.45, 7) is 0.405. The highest BCUT2D eigenvalue weighted by Crippen LogP contribution is 2.07. The van der Waals surface area contributed by atoms with E-state index in [-0.39, 0.29) is 18.7 Å². The molecule has 0 unspecified atom stereocenters.